The molecule has 0 fully saturated rings. The van der Waals surface area contributed by atoms with Crippen molar-refractivity contribution < 1.29 is 4.92 Å². The van der Waals surface area contributed by atoms with E-state index in [1.54, 1.807) is 0 Å². The first kappa shape index (κ1) is 10.5. The topological polar surface area (TPSA) is 136 Å². The normalized spacial score (nSPS) is 9.65. The van der Waals surface area contributed by atoms with Crippen LogP contribution in [0, 0.1) is 10.1 Å². The molecule has 2 aromatic rings. The Morgan fingerprint density at radius 3 is 2.71 bits per heavy atom. The van der Waals surface area contributed by atoms with Gasteiger partial charge in [-0.15, -0.1) is 5.10 Å². The van der Waals surface area contributed by atoms with Gasteiger partial charge in [0.1, 0.15) is 0 Å². The molecule has 0 spiro atoms. The maximum absolute atomic E-state index is 10.5. The van der Waals surface area contributed by atoms with E-state index < -0.39 is 4.92 Å². The maximum Gasteiger partial charge on any atom is 0.269 e. The van der Waals surface area contributed by atoms with Crippen LogP contribution in [0.5, 0.6) is 0 Å². The minimum Gasteiger partial charge on any atom is -0.258 e. The second-order valence-electron chi connectivity index (χ2n) is 2.85. The molecule has 0 saturated heterocycles. The number of non-ortho nitro benzene ring substituents is 1. The van der Waals surface area contributed by atoms with E-state index in [0.29, 0.717) is 5.69 Å². The molecule has 10 nitrogen and oxygen atoms in total. The zero-order valence-corrected chi connectivity index (χ0v) is 8.20. The van der Waals surface area contributed by atoms with Gasteiger partial charge >= 0.3 is 0 Å². The quantitative estimate of drug-likeness (QED) is 0.259. The number of nitrogens with zero attached hydrogens (tertiary/aromatic N) is 8. The van der Waals surface area contributed by atoms with Gasteiger partial charge in [0.05, 0.1) is 10.6 Å². The highest BCUT2D eigenvalue weighted by Crippen LogP contribution is 2.17. The van der Waals surface area contributed by atoms with Crippen molar-refractivity contribution in [2.24, 2.45) is 5.11 Å². The third-order valence-electron chi connectivity index (χ3n) is 1.89. The summed E-state index contributed by atoms with van der Waals surface area (Å²) in [5.74, 6) is -0.0404. The van der Waals surface area contributed by atoms with Crippen LogP contribution in [0.2, 0.25) is 0 Å². The molecule has 0 unspecified atom stereocenters. The minimum atomic E-state index is -0.516. The standard InChI is InChI=1S/C7H4N8O2/c8-11-9-7-10-12-13-14(7)5-1-3-6(4-2-5)15(16)17/h1-4H. The predicted molar refractivity (Wildman–Crippen MR) is 54.6 cm³/mol. The fourth-order valence-electron chi connectivity index (χ4n) is 1.17. The molecule has 0 bridgehead atoms. The van der Waals surface area contributed by atoms with Gasteiger partial charge in [-0.25, -0.2) is 0 Å². The van der Waals surface area contributed by atoms with Crippen molar-refractivity contribution >= 4 is 11.6 Å². The van der Waals surface area contributed by atoms with E-state index in [1.807, 2.05) is 0 Å². The first-order chi connectivity index (χ1) is 8.22. The lowest BCUT2D eigenvalue weighted by Crippen LogP contribution is -1.96. The Kier molecular flexibility index (Phi) is 2.63. The fraction of sp³-hybridized carbons (Fsp3) is 0. The van der Waals surface area contributed by atoms with Crippen LogP contribution in [-0.4, -0.2) is 25.1 Å². The summed E-state index contributed by atoms with van der Waals surface area (Å²) in [6.07, 6.45) is 0. The van der Waals surface area contributed by atoms with E-state index >= 15 is 0 Å². The average Bonchev–Trinajstić information content (AvgIpc) is 2.78. The Balaban J connectivity index is 2.43. The molecule has 1 heterocycles. The molecule has 17 heavy (non-hydrogen) atoms. The smallest absolute Gasteiger partial charge is 0.258 e. The van der Waals surface area contributed by atoms with E-state index in [4.69, 9.17) is 5.53 Å². The monoisotopic (exact) mass is 232 g/mol. The summed E-state index contributed by atoms with van der Waals surface area (Å²) in [4.78, 5) is 12.5. The van der Waals surface area contributed by atoms with E-state index in [1.165, 1.54) is 28.9 Å². The summed E-state index contributed by atoms with van der Waals surface area (Å²) < 4.78 is 1.17. The number of azide groups is 1. The predicted octanol–water partition coefficient (Wildman–Crippen LogP) is 1.51. The molecule has 0 N–H and O–H groups in total. The molecule has 10 heteroatoms. The number of nitro benzene ring substituents is 1. The van der Waals surface area contributed by atoms with Crippen LogP contribution in [0.15, 0.2) is 29.4 Å². The lowest BCUT2D eigenvalue weighted by atomic mass is 10.3. The first-order valence-corrected chi connectivity index (χ1v) is 4.30. The molecular formula is C7H4N8O2. The van der Waals surface area contributed by atoms with E-state index in [9.17, 15) is 10.1 Å². The number of hydrogen-bond acceptors (Lipinski definition) is 6. The Hall–Kier alpha value is -3.00. The molecule has 0 aliphatic heterocycles. The summed E-state index contributed by atoms with van der Waals surface area (Å²) in [6, 6.07) is 5.50. The van der Waals surface area contributed by atoms with Crippen LogP contribution in [0.25, 0.3) is 16.1 Å². The zero-order valence-electron chi connectivity index (χ0n) is 8.20. The van der Waals surface area contributed by atoms with Crippen LogP contribution >= 0.6 is 0 Å². The van der Waals surface area contributed by atoms with Gasteiger partial charge in [-0.1, -0.05) is 0 Å². The fourth-order valence-corrected chi connectivity index (χ4v) is 1.17. The average molecular weight is 232 g/mol. The molecule has 1 aromatic heterocycles. The largest absolute Gasteiger partial charge is 0.269 e. The minimum absolute atomic E-state index is 0.0404. The van der Waals surface area contributed by atoms with Crippen LogP contribution < -0.4 is 0 Å². The van der Waals surface area contributed by atoms with Gasteiger partial charge in [-0.05, 0) is 33.2 Å². The summed E-state index contributed by atoms with van der Waals surface area (Å²) >= 11 is 0. The van der Waals surface area contributed by atoms with E-state index in [0.717, 1.165) is 0 Å². The van der Waals surface area contributed by atoms with E-state index in [-0.39, 0.29) is 11.6 Å². The van der Waals surface area contributed by atoms with Gasteiger partial charge < -0.3 is 0 Å². The van der Waals surface area contributed by atoms with Crippen LogP contribution in [0.4, 0.5) is 11.6 Å². The van der Waals surface area contributed by atoms with Crippen LogP contribution in [0.3, 0.4) is 0 Å². The highest BCUT2D eigenvalue weighted by Gasteiger charge is 2.09. The highest BCUT2D eigenvalue weighted by atomic mass is 16.6. The Morgan fingerprint density at radius 1 is 1.41 bits per heavy atom. The third-order valence-corrected chi connectivity index (χ3v) is 1.89. The van der Waals surface area contributed by atoms with Gasteiger partial charge in [-0.2, -0.15) is 4.68 Å². The van der Waals surface area contributed by atoms with Gasteiger partial charge in [0, 0.05) is 17.0 Å². The summed E-state index contributed by atoms with van der Waals surface area (Å²) in [7, 11) is 0. The van der Waals surface area contributed by atoms with Crippen molar-refractivity contribution in [3.63, 3.8) is 0 Å². The lowest BCUT2D eigenvalue weighted by Gasteiger charge is -1.99. The number of tetrazole rings is 1. The van der Waals surface area contributed by atoms with Gasteiger partial charge in [0.2, 0.25) is 5.95 Å². The van der Waals surface area contributed by atoms with Gasteiger partial charge in [0.25, 0.3) is 5.69 Å². The van der Waals surface area contributed by atoms with Crippen molar-refractivity contribution in [3.8, 4) is 5.69 Å². The van der Waals surface area contributed by atoms with Crippen molar-refractivity contribution in [3.05, 3.63) is 44.8 Å². The van der Waals surface area contributed by atoms with Crippen molar-refractivity contribution in [1.82, 2.24) is 20.2 Å². The lowest BCUT2D eigenvalue weighted by molar-refractivity contribution is -0.384. The van der Waals surface area contributed by atoms with Gasteiger partial charge in [0.15, 0.2) is 0 Å². The summed E-state index contributed by atoms with van der Waals surface area (Å²) in [5, 5.41) is 24.2. The zero-order chi connectivity index (χ0) is 12.3. The van der Waals surface area contributed by atoms with Crippen molar-refractivity contribution in [2.75, 3.05) is 0 Å². The van der Waals surface area contributed by atoms with Gasteiger partial charge in [-0.3, -0.25) is 10.1 Å². The molecule has 0 radical (unpaired) electrons. The maximum atomic E-state index is 10.5. The Labute approximate surface area is 93.3 Å². The van der Waals surface area contributed by atoms with Crippen molar-refractivity contribution in [1.29, 1.82) is 0 Å². The van der Waals surface area contributed by atoms with Crippen LogP contribution in [0.1, 0.15) is 0 Å². The molecule has 2 rings (SSSR count). The molecule has 0 aliphatic carbocycles. The summed E-state index contributed by atoms with van der Waals surface area (Å²) in [5.41, 5.74) is 8.70. The molecule has 84 valence electrons. The molecule has 1 aromatic carbocycles. The summed E-state index contributed by atoms with van der Waals surface area (Å²) in [6.45, 7) is 0. The molecule has 0 atom stereocenters. The number of rotatable bonds is 3. The second-order valence-corrected chi connectivity index (χ2v) is 2.85. The van der Waals surface area contributed by atoms with E-state index in [2.05, 4.69) is 25.6 Å². The first-order valence-electron chi connectivity index (χ1n) is 4.30. The number of benzene rings is 1. The number of hydrogen-bond donors (Lipinski definition) is 0. The Bertz CT molecular complexity index is 597. The second kappa shape index (κ2) is 4.24. The van der Waals surface area contributed by atoms with Crippen molar-refractivity contribution in [2.45, 2.75) is 0 Å². The molecule has 0 amide bonds. The molecule has 0 saturated carbocycles. The highest BCUT2D eigenvalue weighted by molar-refractivity contribution is 5.42. The number of aromatic nitrogens is 4. The molecular weight excluding hydrogens is 228 g/mol. The molecule has 0 aliphatic rings. The Morgan fingerprint density at radius 2 is 2.12 bits per heavy atom. The van der Waals surface area contributed by atoms with Crippen LogP contribution in [-0.2, 0) is 0 Å². The third kappa shape index (κ3) is 2.01. The number of nitro groups is 1. The SMILES string of the molecule is [N-]=[N+]=Nc1nnnn1-c1ccc([N+](=O)[O-])cc1.